The molecule has 0 spiro atoms. The van der Waals surface area contributed by atoms with Crippen LogP contribution in [0.2, 0.25) is 0 Å². The Morgan fingerprint density at radius 3 is 2.70 bits per heavy atom. The van der Waals surface area contributed by atoms with E-state index in [1.54, 1.807) is 0 Å². The highest BCUT2D eigenvalue weighted by Gasteiger charge is 2.32. The van der Waals surface area contributed by atoms with Crippen LogP contribution in [-0.2, 0) is 9.53 Å². The van der Waals surface area contributed by atoms with Gasteiger partial charge in [0.05, 0.1) is 0 Å². The molecule has 1 fully saturated rings. The molecule has 10 heavy (non-hydrogen) atoms. The summed E-state index contributed by atoms with van der Waals surface area (Å²) >= 11 is 0. The maximum Gasteiger partial charge on any atom is 0.164 e. The summed E-state index contributed by atoms with van der Waals surface area (Å²) in [5.41, 5.74) is 0. The summed E-state index contributed by atoms with van der Waals surface area (Å²) < 4.78 is 5.16. The fourth-order valence-corrected chi connectivity index (χ4v) is 1.03. The molecule has 1 unspecified atom stereocenters. The lowest BCUT2D eigenvalue weighted by Crippen LogP contribution is -2.21. The lowest BCUT2D eigenvalue weighted by Gasteiger charge is -2.08. The number of rotatable bonds is 4. The van der Waals surface area contributed by atoms with Gasteiger partial charge in [0.25, 0.3) is 0 Å². The highest BCUT2D eigenvalue weighted by atomic mass is 16.5. The van der Waals surface area contributed by atoms with Crippen LogP contribution in [0.25, 0.3) is 0 Å². The molecule has 1 aliphatic rings. The average Bonchev–Trinajstić information content (AvgIpc) is 2.68. The van der Waals surface area contributed by atoms with Gasteiger partial charge in [0, 0.05) is 12.5 Å². The van der Waals surface area contributed by atoms with Crippen molar-refractivity contribution in [1.29, 1.82) is 0 Å². The molecule has 0 aliphatic heterocycles. The van der Waals surface area contributed by atoms with Crippen LogP contribution in [0.1, 0.15) is 26.7 Å². The van der Waals surface area contributed by atoms with Crippen LogP contribution in [0, 0.1) is 5.92 Å². The fourth-order valence-electron chi connectivity index (χ4n) is 1.03. The van der Waals surface area contributed by atoms with E-state index in [0.29, 0.717) is 18.3 Å². The van der Waals surface area contributed by atoms with E-state index in [1.807, 2.05) is 13.8 Å². The van der Waals surface area contributed by atoms with Gasteiger partial charge in [-0.15, -0.1) is 0 Å². The van der Waals surface area contributed by atoms with Crippen LogP contribution in [0.5, 0.6) is 0 Å². The summed E-state index contributed by atoms with van der Waals surface area (Å²) in [5, 5.41) is 0. The minimum atomic E-state index is -0.169. The van der Waals surface area contributed by atoms with Gasteiger partial charge in [0.1, 0.15) is 6.10 Å². The van der Waals surface area contributed by atoms with Gasteiger partial charge in [-0.05, 0) is 26.7 Å². The van der Waals surface area contributed by atoms with Crippen molar-refractivity contribution in [2.24, 2.45) is 5.92 Å². The van der Waals surface area contributed by atoms with Gasteiger partial charge >= 0.3 is 0 Å². The molecule has 1 rings (SSSR count). The van der Waals surface area contributed by atoms with Crippen LogP contribution in [0.4, 0.5) is 0 Å². The molecule has 0 aromatic heterocycles. The largest absolute Gasteiger partial charge is 0.371 e. The standard InChI is InChI=1S/C8H14O2/c1-3-10-6(2)8(9)7-4-5-7/h6-7H,3-5H2,1-2H3. The molecule has 0 aromatic carbocycles. The molecule has 0 bridgehead atoms. The molecule has 0 N–H and O–H groups in total. The second kappa shape index (κ2) is 3.15. The number of ether oxygens (including phenoxy) is 1. The third-order valence-corrected chi connectivity index (χ3v) is 1.80. The maximum atomic E-state index is 11.2. The van der Waals surface area contributed by atoms with E-state index in [2.05, 4.69) is 0 Å². The first-order valence-electron chi connectivity index (χ1n) is 3.91. The van der Waals surface area contributed by atoms with E-state index in [1.165, 1.54) is 0 Å². The molecule has 1 atom stereocenters. The predicted octanol–water partition coefficient (Wildman–Crippen LogP) is 1.39. The number of hydrogen-bond donors (Lipinski definition) is 0. The van der Waals surface area contributed by atoms with Crippen molar-refractivity contribution >= 4 is 5.78 Å². The first kappa shape index (κ1) is 7.73. The Kier molecular flexibility index (Phi) is 2.44. The van der Waals surface area contributed by atoms with E-state index in [0.717, 1.165) is 12.8 Å². The SMILES string of the molecule is CCOC(C)C(=O)C1CC1. The summed E-state index contributed by atoms with van der Waals surface area (Å²) in [7, 11) is 0. The Bertz CT molecular complexity index is 127. The second-order valence-corrected chi connectivity index (χ2v) is 2.77. The molecule has 0 aromatic rings. The molecular weight excluding hydrogens is 128 g/mol. The normalized spacial score (nSPS) is 20.6. The maximum absolute atomic E-state index is 11.2. The molecule has 58 valence electrons. The minimum absolute atomic E-state index is 0.169. The molecular formula is C8H14O2. The number of carbonyl (C=O) groups excluding carboxylic acids is 1. The van der Waals surface area contributed by atoms with Gasteiger partial charge in [-0.3, -0.25) is 4.79 Å². The zero-order chi connectivity index (χ0) is 7.56. The predicted molar refractivity (Wildman–Crippen MR) is 38.8 cm³/mol. The van der Waals surface area contributed by atoms with Gasteiger partial charge in [0.15, 0.2) is 5.78 Å². The van der Waals surface area contributed by atoms with Gasteiger partial charge < -0.3 is 4.74 Å². The van der Waals surface area contributed by atoms with Gasteiger partial charge in [-0.2, -0.15) is 0 Å². The van der Waals surface area contributed by atoms with Crippen LogP contribution < -0.4 is 0 Å². The van der Waals surface area contributed by atoms with E-state index >= 15 is 0 Å². The first-order chi connectivity index (χ1) is 4.75. The third-order valence-electron chi connectivity index (χ3n) is 1.80. The Morgan fingerprint density at radius 2 is 2.30 bits per heavy atom. The number of carbonyl (C=O) groups is 1. The van der Waals surface area contributed by atoms with E-state index in [-0.39, 0.29) is 6.10 Å². The molecule has 1 saturated carbocycles. The van der Waals surface area contributed by atoms with Crippen molar-refractivity contribution in [3.05, 3.63) is 0 Å². The van der Waals surface area contributed by atoms with Gasteiger partial charge in [0.2, 0.25) is 0 Å². The van der Waals surface area contributed by atoms with Crippen LogP contribution >= 0.6 is 0 Å². The van der Waals surface area contributed by atoms with E-state index in [4.69, 9.17) is 4.74 Å². The summed E-state index contributed by atoms with van der Waals surface area (Å²) in [4.78, 5) is 11.2. The number of hydrogen-bond acceptors (Lipinski definition) is 2. The van der Waals surface area contributed by atoms with Gasteiger partial charge in [-0.25, -0.2) is 0 Å². The van der Waals surface area contributed by atoms with Crippen molar-refractivity contribution in [3.8, 4) is 0 Å². The Balaban J connectivity index is 2.24. The zero-order valence-corrected chi connectivity index (χ0v) is 6.59. The van der Waals surface area contributed by atoms with E-state index < -0.39 is 0 Å². The van der Waals surface area contributed by atoms with Crippen molar-refractivity contribution in [2.75, 3.05) is 6.61 Å². The molecule has 2 nitrogen and oxygen atoms in total. The van der Waals surface area contributed by atoms with Crippen molar-refractivity contribution in [3.63, 3.8) is 0 Å². The number of Topliss-reactive ketones (excluding diaryl/α,β-unsaturated/α-hetero) is 1. The van der Waals surface area contributed by atoms with Crippen LogP contribution in [-0.4, -0.2) is 18.5 Å². The lowest BCUT2D eigenvalue weighted by atomic mass is 10.2. The van der Waals surface area contributed by atoms with Crippen molar-refractivity contribution < 1.29 is 9.53 Å². The summed E-state index contributed by atoms with van der Waals surface area (Å²) in [5.74, 6) is 0.628. The monoisotopic (exact) mass is 142 g/mol. The van der Waals surface area contributed by atoms with E-state index in [9.17, 15) is 4.79 Å². The van der Waals surface area contributed by atoms with Crippen LogP contribution in [0.15, 0.2) is 0 Å². The Labute approximate surface area is 61.6 Å². The lowest BCUT2D eigenvalue weighted by molar-refractivity contribution is -0.130. The molecule has 0 radical (unpaired) electrons. The van der Waals surface area contributed by atoms with Crippen LogP contribution in [0.3, 0.4) is 0 Å². The highest BCUT2D eigenvalue weighted by Crippen LogP contribution is 2.31. The third kappa shape index (κ3) is 1.81. The summed E-state index contributed by atoms with van der Waals surface area (Å²) in [6, 6.07) is 0. The Morgan fingerprint density at radius 1 is 1.70 bits per heavy atom. The van der Waals surface area contributed by atoms with Crippen molar-refractivity contribution in [1.82, 2.24) is 0 Å². The average molecular weight is 142 g/mol. The topological polar surface area (TPSA) is 26.3 Å². The number of ketones is 1. The fraction of sp³-hybridized carbons (Fsp3) is 0.875. The molecule has 0 amide bonds. The first-order valence-corrected chi connectivity index (χ1v) is 3.91. The highest BCUT2D eigenvalue weighted by molar-refractivity contribution is 5.86. The minimum Gasteiger partial charge on any atom is -0.371 e. The molecule has 1 aliphatic carbocycles. The zero-order valence-electron chi connectivity index (χ0n) is 6.59. The van der Waals surface area contributed by atoms with Crippen molar-refractivity contribution in [2.45, 2.75) is 32.8 Å². The molecule has 2 heteroatoms. The molecule has 0 heterocycles. The van der Waals surface area contributed by atoms with Gasteiger partial charge in [-0.1, -0.05) is 0 Å². The summed E-state index contributed by atoms with van der Waals surface area (Å²) in [6.45, 7) is 4.39. The molecule has 0 saturated heterocycles. The smallest absolute Gasteiger partial charge is 0.164 e. The quantitative estimate of drug-likeness (QED) is 0.593. The Hall–Kier alpha value is -0.370. The summed E-state index contributed by atoms with van der Waals surface area (Å²) in [6.07, 6.45) is 1.99. The second-order valence-electron chi connectivity index (χ2n) is 2.77.